The normalized spacial score (nSPS) is 23.9. The standard InChI is InChI=1S/C20H23BrO4/c1-11-13-4-5-14(11)18-17(13)19(24-8-6-22)15-3-2-12(21)10-16(15)20(18)25-9-7-23/h2-3,10-11,13-14,22-23H,4-9H2,1H3. The molecule has 2 N–H and O–H groups in total. The number of halogens is 1. The van der Waals surface area contributed by atoms with Gasteiger partial charge in [0.15, 0.2) is 0 Å². The molecule has 2 aromatic carbocycles. The summed E-state index contributed by atoms with van der Waals surface area (Å²) < 4.78 is 13.1. The van der Waals surface area contributed by atoms with Crippen molar-refractivity contribution in [2.75, 3.05) is 26.4 Å². The average molecular weight is 407 g/mol. The van der Waals surface area contributed by atoms with E-state index in [0.717, 1.165) is 26.7 Å². The monoisotopic (exact) mass is 406 g/mol. The van der Waals surface area contributed by atoms with E-state index in [9.17, 15) is 10.2 Å². The Morgan fingerprint density at radius 1 is 0.960 bits per heavy atom. The molecule has 0 amide bonds. The van der Waals surface area contributed by atoms with E-state index in [1.165, 1.54) is 24.0 Å². The Bertz CT molecular complexity index is 804. The van der Waals surface area contributed by atoms with E-state index >= 15 is 0 Å². The first-order chi connectivity index (χ1) is 12.2. The molecule has 2 bridgehead atoms. The molecule has 0 aliphatic heterocycles. The number of ether oxygens (including phenoxy) is 2. The zero-order chi connectivity index (χ0) is 17.6. The zero-order valence-corrected chi connectivity index (χ0v) is 15.9. The van der Waals surface area contributed by atoms with Gasteiger partial charge in [-0.1, -0.05) is 22.9 Å². The smallest absolute Gasteiger partial charge is 0.131 e. The number of hydrogen-bond donors (Lipinski definition) is 2. The minimum absolute atomic E-state index is 0.000786. The van der Waals surface area contributed by atoms with Gasteiger partial charge < -0.3 is 19.7 Å². The molecule has 0 spiro atoms. The summed E-state index contributed by atoms with van der Waals surface area (Å²) >= 11 is 3.56. The maximum Gasteiger partial charge on any atom is 0.131 e. The van der Waals surface area contributed by atoms with Crippen LogP contribution in [0.5, 0.6) is 11.5 Å². The van der Waals surface area contributed by atoms with Gasteiger partial charge in [-0.15, -0.1) is 0 Å². The third-order valence-corrected chi connectivity index (χ3v) is 6.22. The minimum atomic E-state index is -0.00329. The van der Waals surface area contributed by atoms with E-state index in [1.807, 2.05) is 6.07 Å². The maximum absolute atomic E-state index is 9.27. The lowest BCUT2D eigenvalue weighted by Crippen LogP contribution is -2.11. The zero-order valence-electron chi connectivity index (χ0n) is 14.3. The fourth-order valence-electron chi connectivity index (χ4n) is 4.76. The Morgan fingerprint density at radius 2 is 1.52 bits per heavy atom. The summed E-state index contributed by atoms with van der Waals surface area (Å²) in [6.07, 6.45) is 2.35. The molecule has 1 fully saturated rings. The summed E-state index contributed by atoms with van der Waals surface area (Å²) in [5.74, 6) is 3.34. The Labute approximate surface area is 155 Å². The van der Waals surface area contributed by atoms with Crippen molar-refractivity contribution < 1.29 is 19.7 Å². The molecule has 0 saturated heterocycles. The molecule has 0 aromatic heterocycles. The van der Waals surface area contributed by atoms with Gasteiger partial charge >= 0.3 is 0 Å². The summed E-state index contributed by atoms with van der Waals surface area (Å²) in [4.78, 5) is 0. The van der Waals surface area contributed by atoms with Crippen molar-refractivity contribution in [2.24, 2.45) is 5.92 Å². The van der Waals surface area contributed by atoms with Crippen LogP contribution in [0, 0.1) is 5.92 Å². The molecule has 3 atom stereocenters. The van der Waals surface area contributed by atoms with Crippen molar-refractivity contribution in [3.8, 4) is 11.5 Å². The molecule has 2 aromatic rings. The summed E-state index contributed by atoms with van der Waals surface area (Å²) in [7, 11) is 0. The molecule has 2 aliphatic carbocycles. The second kappa shape index (κ2) is 6.78. The van der Waals surface area contributed by atoms with Crippen LogP contribution in [-0.2, 0) is 0 Å². The highest BCUT2D eigenvalue weighted by molar-refractivity contribution is 9.10. The molecule has 1 saturated carbocycles. The quantitative estimate of drug-likeness (QED) is 0.761. The first-order valence-corrected chi connectivity index (χ1v) is 9.73. The Morgan fingerprint density at radius 3 is 2.08 bits per heavy atom. The van der Waals surface area contributed by atoms with Crippen LogP contribution < -0.4 is 9.47 Å². The van der Waals surface area contributed by atoms with Gasteiger partial charge in [0.25, 0.3) is 0 Å². The Balaban J connectivity index is 2.01. The van der Waals surface area contributed by atoms with Crippen LogP contribution in [0.25, 0.3) is 10.8 Å². The fourth-order valence-corrected chi connectivity index (χ4v) is 5.12. The first kappa shape index (κ1) is 17.1. The number of aliphatic hydroxyl groups is 2. The van der Waals surface area contributed by atoms with Gasteiger partial charge in [0, 0.05) is 26.4 Å². The molecule has 5 heteroatoms. The fraction of sp³-hybridized carbons (Fsp3) is 0.500. The lowest BCUT2D eigenvalue weighted by molar-refractivity contribution is 0.198. The lowest BCUT2D eigenvalue weighted by atomic mass is 9.87. The highest BCUT2D eigenvalue weighted by Crippen LogP contribution is 2.63. The summed E-state index contributed by atoms with van der Waals surface area (Å²) in [6, 6.07) is 6.12. The van der Waals surface area contributed by atoms with Crippen LogP contribution in [0.3, 0.4) is 0 Å². The highest BCUT2D eigenvalue weighted by atomic mass is 79.9. The summed E-state index contributed by atoms with van der Waals surface area (Å²) in [5.41, 5.74) is 2.52. The van der Waals surface area contributed by atoms with E-state index < -0.39 is 0 Å². The predicted octanol–water partition coefficient (Wildman–Crippen LogP) is 3.96. The van der Waals surface area contributed by atoms with Crippen LogP contribution in [0.2, 0.25) is 0 Å². The van der Waals surface area contributed by atoms with E-state index in [4.69, 9.17) is 9.47 Å². The van der Waals surface area contributed by atoms with Gasteiger partial charge in [-0.25, -0.2) is 0 Å². The average Bonchev–Trinajstić information content (AvgIpc) is 3.11. The van der Waals surface area contributed by atoms with Crippen molar-refractivity contribution in [2.45, 2.75) is 31.6 Å². The van der Waals surface area contributed by atoms with Gasteiger partial charge in [-0.3, -0.25) is 0 Å². The predicted molar refractivity (Wildman–Crippen MR) is 101 cm³/mol. The second-order valence-corrected chi connectivity index (χ2v) is 7.88. The van der Waals surface area contributed by atoms with Crippen LogP contribution in [0.1, 0.15) is 42.7 Å². The molecular formula is C20H23BrO4. The van der Waals surface area contributed by atoms with Gasteiger partial charge in [-0.2, -0.15) is 0 Å². The SMILES string of the molecule is CC1C2CCC1c1c2c(OCCO)c2ccc(Br)cc2c1OCCO. The van der Waals surface area contributed by atoms with Crippen LogP contribution >= 0.6 is 15.9 Å². The Kier molecular flexibility index (Phi) is 4.65. The molecule has 2 aliphatic rings. The molecule has 4 rings (SSSR count). The maximum atomic E-state index is 9.27. The highest BCUT2D eigenvalue weighted by Gasteiger charge is 2.47. The second-order valence-electron chi connectivity index (χ2n) is 6.97. The van der Waals surface area contributed by atoms with E-state index in [-0.39, 0.29) is 19.8 Å². The van der Waals surface area contributed by atoms with E-state index in [2.05, 4.69) is 35.0 Å². The number of hydrogen-bond acceptors (Lipinski definition) is 4. The Hall–Kier alpha value is -1.30. The third-order valence-electron chi connectivity index (χ3n) is 5.73. The number of rotatable bonds is 6. The largest absolute Gasteiger partial charge is 0.490 e. The van der Waals surface area contributed by atoms with Crippen LogP contribution in [0.15, 0.2) is 22.7 Å². The van der Waals surface area contributed by atoms with Gasteiger partial charge in [0.1, 0.15) is 24.7 Å². The summed E-state index contributed by atoms with van der Waals surface area (Å²) in [5, 5.41) is 20.6. The molecule has 134 valence electrons. The van der Waals surface area contributed by atoms with E-state index in [1.54, 1.807) is 0 Å². The van der Waals surface area contributed by atoms with Crippen molar-refractivity contribution in [3.05, 3.63) is 33.8 Å². The molecule has 0 radical (unpaired) electrons. The first-order valence-electron chi connectivity index (χ1n) is 8.93. The summed E-state index contributed by atoms with van der Waals surface area (Å²) in [6.45, 7) is 2.89. The molecule has 25 heavy (non-hydrogen) atoms. The van der Waals surface area contributed by atoms with Crippen molar-refractivity contribution in [3.63, 3.8) is 0 Å². The number of benzene rings is 2. The molecule has 4 nitrogen and oxygen atoms in total. The molecule has 3 unspecified atom stereocenters. The minimum Gasteiger partial charge on any atom is -0.490 e. The van der Waals surface area contributed by atoms with Crippen LogP contribution in [-0.4, -0.2) is 36.6 Å². The molecule has 0 heterocycles. The topological polar surface area (TPSA) is 58.9 Å². The molecular weight excluding hydrogens is 384 g/mol. The lowest BCUT2D eigenvalue weighted by Gasteiger charge is -2.25. The van der Waals surface area contributed by atoms with Crippen molar-refractivity contribution >= 4 is 26.7 Å². The third kappa shape index (κ3) is 2.64. The van der Waals surface area contributed by atoms with E-state index in [0.29, 0.717) is 24.4 Å². The van der Waals surface area contributed by atoms with Gasteiger partial charge in [-0.05, 0) is 48.8 Å². The van der Waals surface area contributed by atoms with Crippen LogP contribution in [0.4, 0.5) is 0 Å². The van der Waals surface area contributed by atoms with Gasteiger partial charge in [0.05, 0.1) is 13.2 Å². The number of fused-ring (bicyclic) bond motifs is 6. The van der Waals surface area contributed by atoms with Gasteiger partial charge in [0.2, 0.25) is 0 Å². The number of aliphatic hydroxyl groups excluding tert-OH is 2. The van der Waals surface area contributed by atoms with Crippen molar-refractivity contribution in [1.29, 1.82) is 0 Å². The van der Waals surface area contributed by atoms with Crippen molar-refractivity contribution in [1.82, 2.24) is 0 Å².